The van der Waals surface area contributed by atoms with Crippen LogP contribution < -0.4 is 0 Å². The minimum atomic E-state index is -10.1. The Morgan fingerprint density at radius 3 is 0.604 bits per heavy atom. The van der Waals surface area contributed by atoms with Gasteiger partial charge in [-0.3, -0.25) is 0 Å². The highest BCUT2D eigenvalue weighted by atomic mass is 19.4. The largest absolute Gasteiger partial charge is 0.479 e. The van der Waals surface area contributed by atoms with Crippen LogP contribution in [0.3, 0.4) is 0 Å². The molecule has 2 nitrogen and oxygen atoms in total. The average molecular weight is 796 g/mol. The molecule has 0 bridgehead atoms. The van der Waals surface area contributed by atoms with Crippen LogP contribution in [0.15, 0.2) is 0 Å². The number of carboxylic acids is 1. The lowest BCUT2D eigenvalue weighted by molar-refractivity contribution is -0.487. The summed E-state index contributed by atoms with van der Waals surface area (Å²) in [5.74, 6) is -128. The number of hydrogen-bond acceptors (Lipinski definition) is 1. The first-order valence-electron chi connectivity index (χ1n) is 9.95. The number of aliphatic carboxylic acids is 1. The number of carbonyl (C=O) groups is 1. The van der Waals surface area contributed by atoms with Crippen LogP contribution in [0.1, 0.15) is 0 Å². The monoisotopic (exact) mass is 796 g/mol. The molecule has 0 fully saturated rings. The number of alkyl halides is 30. The molecule has 48 heavy (non-hydrogen) atoms. The molecule has 0 aliphatic heterocycles. The standard InChI is InChI=1S/C16H2F30O2/c17-1(2(47)48)3(18,19)4(20,21)5(22,23)6(24,25)7(26,27)8(28,29)9(30,31)10(32,33)11(34,35)12(36,37)13(38,39)14(40,41)15(42,43)16(44,45)46/h1H,(H,47,48). The number of rotatable bonds is 14. The van der Waals surface area contributed by atoms with Crippen molar-refractivity contribution in [1.29, 1.82) is 0 Å². The molecule has 0 aliphatic rings. The van der Waals surface area contributed by atoms with Crippen LogP contribution in [0.2, 0.25) is 0 Å². The van der Waals surface area contributed by atoms with E-state index >= 15 is 0 Å². The fourth-order valence-electron chi connectivity index (χ4n) is 2.67. The molecule has 0 heterocycles. The predicted octanol–water partition coefficient (Wildman–Crippen LogP) is 9.23. The molecule has 0 saturated heterocycles. The molecule has 0 radical (unpaired) electrons. The Balaban J connectivity index is 7.61. The summed E-state index contributed by atoms with van der Waals surface area (Å²) in [7, 11) is 0. The van der Waals surface area contributed by atoms with E-state index in [1.54, 1.807) is 0 Å². The van der Waals surface area contributed by atoms with Gasteiger partial charge in [0.25, 0.3) is 6.17 Å². The highest BCUT2D eigenvalue weighted by molar-refractivity contribution is 5.73. The first kappa shape index (κ1) is 45.4. The van der Waals surface area contributed by atoms with Crippen molar-refractivity contribution in [3.8, 4) is 0 Å². The van der Waals surface area contributed by atoms with Crippen LogP contribution in [0.5, 0.6) is 0 Å². The van der Waals surface area contributed by atoms with Gasteiger partial charge < -0.3 is 5.11 Å². The molecule has 0 spiro atoms. The zero-order valence-electron chi connectivity index (χ0n) is 20.3. The third kappa shape index (κ3) is 5.03. The van der Waals surface area contributed by atoms with Gasteiger partial charge in [-0.05, 0) is 0 Å². The van der Waals surface area contributed by atoms with Crippen molar-refractivity contribution in [3.05, 3.63) is 0 Å². The Morgan fingerprint density at radius 2 is 0.458 bits per heavy atom. The van der Waals surface area contributed by atoms with Crippen LogP contribution in [-0.2, 0) is 4.79 Å². The van der Waals surface area contributed by atoms with Crippen molar-refractivity contribution in [2.24, 2.45) is 0 Å². The van der Waals surface area contributed by atoms with Crippen LogP contribution in [0.4, 0.5) is 132 Å². The van der Waals surface area contributed by atoms with E-state index in [1.807, 2.05) is 0 Å². The van der Waals surface area contributed by atoms with Gasteiger partial charge >= 0.3 is 89.1 Å². The average Bonchev–Trinajstić information content (AvgIpc) is 2.85. The first-order valence-corrected chi connectivity index (χ1v) is 9.95. The molecular formula is C16H2F30O2. The van der Waals surface area contributed by atoms with Crippen molar-refractivity contribution in [3.63, 3.8) is 0 Å². The van der Waals surface area contributed by atoms with Crippen LogP contribution in [0.25, 0.3) is 0 Å². The van der Waals surface area contributed by atoms with Gasteiger partial charge in [0.15, 0.2) is 0 Å². The van der Waals surface area contributed by atoms with Crippen LogP contribution in [-0.4, -0.2) is 100 Å². The molecule has 0 rings (SSSR count). The van der Waals surface area contributed by atoms with Crippen molar-refractivity contribution in [1.82, 2.24) is 0 Å². The Bertz CT molecular complexity index is 1210. The fraction of sp³-hybridized carbons (Fsp3) is 0.938. The van der Waals surface area contributed by atoms with Gasteiger partial charge in [0.05, 0.1) is 0 Å². The van der Waals surface area contributed by atoms with Crippen molar-refractivity contribution < 1.29 is 142 Å². The van der Waals surface area contributed by atoms with Crippen molar-refractivity contribution in [2.45, 2.75) is 89.3 Å². The Labute approximate surface area is 238 Å². The number of carboxylic acid groups (broad SMARTS) is 1. The third-order valence-corrected chi connectivity index (χ3v) is 5.65. The lowest BCUT2D eigenvalue weighted by Crippen LogP contribution is -2.79. The summed E-state index contributed by atoms with van der Waals surface area (Å²) in [5.41, 5.74) is 0. The maximum absolute atomic E-state index is 13.7. The third-order valence-electron chi connectivity index (χ3n) is 5.65. The fourth-order valence-corrected chi connectivity index (χ4v) is 2.67. The Kier molecular flexibility index (Phi) is 10.3. The quantitative estimate of drug-likeness (QED) is 0.178. The predicted molar refractivity (Wildman–Crippen MR) is 82.9 cm³/mol. The molecule has 0 amide bonds. The van der Waals surface area contributed by atoms with E-state index in [0.29, 0.717) is 0 Å². The van der Waals surface area contributed by atoms with E-state index in [1.165, 1.54) is 0 Å². The van der Waals surface area contributed by atoms with Gasteiger partial charge in [-0.15, -0.1) is 0 Å². The second-order valence-corrected chi connectivity index (χ2v) is 8.71. The maximum Gasteiger partial charge on any atom is 0.460 e. The van der Waals surface area contributed by atoms with Crippen molar-refractivity contribution in [2.75, 3.05) is 0 Å². The highest BCUT2D eigenvalue weighted by Crippen LogP contribution is 2.69. The molecular weight excluding hydrogens is 794 g/mol. The number of halogens is 30. The zero-order valence-corrected chi connectivity index (χ0v) is 20.3. The molecule has 0 aromatic heterocycles. The summed E-state index contributed by atoms with van der Waals surface area (Å²) in [6.45, 7) is 0. The number of hydrogen-bond donors (Lipinski definition) is 1. The molecule has 1 unspecified atom stereocenters. The lowest BCUT2D eigenvalue weighted by atomic mass is 9.83. The van der Waals surface area contributed by atoms with Gasteiger partial charge in [-0.25, -0.2) is 9.18 Å². The van der Waals surface area contributed by atoms with Gasteiger partial charge in [-0.1, -0.05) is 0 Å². The van der Waals surface area contributed by atoms with E-state index in [0.717, 1.165) is 0 Å². The highest BCUT2D eigenvalue weighted by Gasteiger charge is 3.01. The molecule has 1 atom stereocenters. The summed E-state index contributed by atoms with van der Waals surface area (Å²) in [4.78, 5) is 9.98. The molecule has 0 aromatic carbocycles. The second kappa shape index (κ2) is 10.9. The summed E-state index contributed by atoms with van der Waals surface area (Å²) in [5, 5.41) is 7.77. The molecule has 288 valence electrons. The van der Waals surface area contributed by atoms with Crippen LogP contribution >= 0.6 is 0 Å². The Hall–Kier alpha value is -2.63. The normalized spacial score (nSPS) is 17.5. The van der Waals surface area contributed by atoms with Gasteiger partial charge in [0.2, 0.25) is 0 Å². The summed E-state index contributed by atoms with van der Waals surface area (Å²) >= 11 is 0. The van der Waals surface area contributed by atoms with E-state index in [-0.39, 0.29) is 0 Å². The van der Waals surface area contributed by atoms with E-state index in [2.05, 4.69) is 0 Å². The minimum absolute atomic E-state index is 4.12. The smallest absolute Gasteiger partial charge is 0.460 e. The lowest BCUT2D eigenvalue weighted by Gasteiger charge is -2.46. The zero-order chi connectivity index (χ0) is 40.2. The van der Waals surface area contributed by atoms with E-state index < -0.39 is 95.3 Å². The SMILES string of the molecule is O=C(O)C(F)C(F)(F)C(F)(F)C(F)(F)C(F)(F)C(F)(F)C(F)(F)C(F)(F)C(F)(F)C(F)(F)C(F)(F)C(F)(F)C(F)(F)C(F)(F)C(F)(F)F. The van der Waals surface area contributed by atoms with Gasteiger partial charge in [0.1, 0.15) is 0 Å². The molecule has 0 aliphatic carbocycles. The topological polar surface area (TPSA) is 37.3 Å². The molecule has 0 saturated carbocycles. The molecule has 32 heteroatoms. The maximum atomic E-state index is 13.7. The first-order chi connectivity index (χ1) is 20.1. The summed E-state index contributed by atoms with van der Waals surface area (Å²) in [6, 6.07) is 0. The van der Waals surface area contributed by atoms with Crippen LogP contribution in [0, 0.1) is 0 Å². The molecule has 1 N–H and O–H groups in total. The molecule has 0 aromatic rings. The van der Waals surface area contributed by atoms with Gasteiger partial charge in [0, 0.05) is 0 Å². The summed E-state index contributed by atoms with van der Waals surface area (Å²) < 4.78 is 398. The second-order valence-electron chi connectivity index (χ2n) is 8.71. The van der Waals surface area contributed by atoms with Crippen molar-refractivity contribution >= 4 is 5.97 Å². The van der Waals surface area contributed by atoms with E-state index in [4.69, 9.17) is 5.11 Å². The van der Waals surface area contributed by atoms with Gasteiger partial charge in [-0.2, -0.15) is 127 Å². The summed E-state index contributed by atoms with van der Waals surface area (Å²) in [6.07, 6.45) is -14.3. The minimum Gasteiger partial charge on any atom is -0.479 e. The Morgan fingerprint density at radius 1 is 0.312 bits per heavy atom. The van der Waals surface area contributed by atoms with E-state index in [9.17, 15) is 137 Å².